The van der Waals surface area contributed by atoms with E-state index in [0.29, 0.717) is 0 Å². The Balaban J connectivity index is 0.00000280. The standard InChI is InChI=1S/C32H52N4.Ni/c1-5-13-27(14-6-1)33-23-24-34(28-15-7-2-8-16-28)31(33)21-22-32-35(29-17-9-3-10-18-29)25-26-36(32)30-19-11-4-12-20-30;/h27-30H,1-20,23-26H2;. The molecule has 2 saturated heterocycles. The van der Waals surface area contributed by atoms with Crippen molar-refractivity contribution in [1.29, 1.82) is 0 Å². The van der Waals surface area contributed by atoms with Crippen LogP contribution in [0, 0.1) is 0 Å². The van der Waals surface area contributed by atoms with Gasteiger partial charge >= 0.3 is 0 Å². The number of rotatable bonds is 4. The van der Waals surface area contributed by atoms with Crippen molar-refractivity contribution in [2.45, 2.75) is 153 Å². The second-order valence-electron chi connectivity index (χ2n) is 12.8. The second kappa shape index (κ2) is 13.4. The first-order valence-electron chi connectivity index (χ1n) is 16.2. The first-order valence-corrected chi connectivity index (χ1v) is 16.2. The third-order valence-electron chi connectivity index (χ3n) is 10.6. The molecule has 0 N–H and O–H groups in total. The summed E-state index contributed by atoms with van der Waals surface area (Å²) in [6.45, 7) is 4.83. The zero-order chi connectivity index (χ0) is 24.2. The van der Waals surface area contributed by atoms with Crippen LogP contribution in [0.4, 0.5) is 0 Å². The molecule has 0 aromatic rings. The Morgan fingerprint density at radius 3 is 0.784 bits per heavy atom. The van der Waals surface area contributed by atoms with E-state index in [9.17, 15) is 0 Å². The number of hydrogen-bond donors (Lipinski definition) is 0. The molecule has 37 heavy (non-hydrogen) atoms. The Morgan fingerprint density at radius 2 is 0.568 bits per heavy atom. The molecular formula is C32H52N4Ni. The molecule has 2 heterocycles. The molecule has 0 aromatic heterocycles. The van der Waals surface area contributed by atoms with E-state index in [1.165, 1.54) is 166 Å². The molecule has 0 unspecified atom stereocenters. The molecule has 0 amide bonds. The maximum Gasteiger partial charge on any atom is 0.158 e. The van der Waals surface area contributed by atoms with Gasteiger partial charge in [0.25, 0.3) is 0 Å². The van der Waals surface area contributed by atoms with Crippen molar-refractivity contribution >= 4 is 0 Å². The average molecular weight is 551 g/mol. The molecule has 0 aromatic carbocycles. The summed E-state index contributed by atoms with van der Waals surface area (Å²) in [5, 5.41) is 0. The normalized spacial score (nSPS) is 27.5. The van der Waals surface area contributed by atoms with E-state index < -0.39 is 0 Å². The minimum absolute atomic E-state index is 0. The van der Waals surface area contributed by atoms with Crippen molar-refractivity contribution in [3.63, 3.8) is 0 Å². The van der Waals surface area contributed by atoms with Crippen molar-refractivity contribution < 1.29 is 16.5 Å². The summed E-state index contributed by atoms with van der Waals surface area (Å²) in [6.07, 6.45) is 28.0. The molecule has 6 fully saturated rings. The third-order valence-corrected chi connectivity index (χ3v) is 10.6. The molecule has 0 radical (unpaired) electrons. The third kappa shape index (κ3) is 6.26. The minimum Gasteiger partial charge on any atom is -0.346 e. The summed E-state index contributed by atoms with van der Waals surface area (Å²) in [4.78, 5) is 11.1. The van der Waals surface area contributed by atoms with E-state index in [1.807, 2.05) is 0 Å². The quantitative estimate of drug-likeness (QED) is 0.276. The largest absolute Gasteiger partial charge is 0.346 e. The Hall–Kier alpha value is -1.01. The molecule has 4 nitrogen and oxygen atoms in total. The Labute approximate surface area is 237 Å². The van der Waals surface area contributed by atoms with Gasteiger partial charge in [0.1, 0.15) is 0 Å². The molecule has 210 valence electrons. The van der Waals surface area contributed by atoms with E-state index in [2.05, 4.69) is 31.1 Å². The smallest absolute Gasteiger partial charge is 0.158 e. The molecule has 6 aliphatic rings. The Bertz CT molecular complexity index is 696. The van der Waals surface area contributed by atoms with Gasteiger partial charge in [0.05, 0.1) is 0 Å². The fourth-order valence-electron chi connectivity index (χ4n) is 8.58. The van der Waals surface area contributed by atoms with Crippen LogP contribution in [0.1, 0.15) is 128 Å². The molecule has 4 saturated carbocycles. The van der Waals surface area contributed by atoms with Gasteiger partial charge in [-0.25, -0.2) is 0 Å². The molecule has 0 bridgehead atoms. The molecule has 6 rings (SSSR count). The first-order chi connectivity index (χ1) is 17.9. The first kappa shape index (κ1) is 27.6. The fourth-order valence-corrected chi connectivity index (χ4v) is 8.58. The van der Waals surface area contributed by atoms with Crippen LogP contribution in [0.3, 0.4) is 0 Å². The summed E-state index contributed by atoms with van der Waals surface area (Å²) >= 11 is 0. The molecule has 5 heteroatoms. The zero-order valence-corrected chi connectivity index (χ0v) is 24.4. The van der Waals surface area contributed by atoms with Gasteiger partial charge in [-0.3, -0.25) is 0 Å². The topological polar surface area (TPSA) is 13.0 Å². The van der Waals surface area contributed by atoms with E-state index >= 15 is 0 Å². The average Bonchev–Trinajstić information content (AvgIpc) is 3.58. The minimum atomic E-state index is 0. The van der Waals surface area contributed by atoms with Crippen LogP contribution in [-0.2, 0) is 16.5 Å². The van der Waals surface area contributed by atoms with Gasteiger partial charge < -0.3 is 19.6 Å². The van der Waals surface area contributed by atoms with Gasteiger partial charge in [-0.05, 0) is 62.8 Å². The summed E-state index contributed by atoms with van der Waals surface area (Å²) < 4.78 is 0. The monoisotopic (exact) mass is 550 g/mol. The van der Waals surface area contributed by atoms with Gasteiger partial charge in [0.15, 0.2) is 11.6 Å². The maximum atomic E-state index is 3.95. The zero-order valence-electron chi connectivity index (χ0n) is 23.4. The molecule has 0 atom stereocenters. The van der Waals surface area contributed by atoms with Crippen LogP contribution in [0.5, 0.6) is 0 Å². The Kier molecular flexibility index (Phi) is 9.96. The van der Waals surface area contributed by atoms with Crippen molar-refractivity contribution in [2.75, 3.05) is 26.2 Å². The molecule has 2 aliphatic heterocycles. The van der Waals surface area contributed by atoms with E-state index in [-0.39, 0.29) is 16.5 Å². The van der Waals surface area contributed by atoms with Gasteiger partial charge in [-0.2, -0.15) is 0 Å². The molecule has 4 aliphatic carbocycles. The van der Waals surface area contributed by atoms with Crippen LogP contribution in [0.2, 0.25) is 0 Å². The fraction of sp³-hybridized carbons (Fsp3) is 0.875. The number of hydrogen-bond acceptors (Lipinski definition) is 4. The van der Waals surface area contributed by atoms with Crippen LogP contribution in [0.15, 0.2) is 23.1 Å². The van der Waals surface area contributed by atoms with Crippen LogP contribution >= 0.6 is 0 Å². The van der Waals surface area contributed by atoms with Gasteiger partial charge in [0, 0.05) is 66.8 Å². The number of nitrogens with zero attached hydrogens (tertiary/aromatic N) is 4. The SMILES string of the molecule is C(=C=C1N(C2CCCCC2)CCN1C1CCCCC1)=C1N(C2CCCCC2)CCN1C1CCCCC1.[Ni]. The van der Waals surface area contributed by atoms with Crippen molar-refractivity contribution in [3.05, 3.63) is 23.1 Å². The van der Waals surface area contributed by atoms with Crippen molar-refractivity contribution in [1.82, 2.24) is 19.6 Å². The molecule has 0 spiro atoms. The van der Waals surface area contributed by atoms with Gasteiger partial charge in [0.2, 0.25) is 0 Å². The predicted molar refractivity (Wildman–Crippen MR) is 148 cm³/mol. The van der Waals surface area contributed by atoms with Crippen molar-refractivity contribution in [3.8, 4) is 0 Å². The summed E-state index contributed by atoms with van der Waals surface area (Å²) in [6, 6.07) is 2.92. The van der Waals surface area contributed by atoms with Gasteiger partial charge in [-0.15, -0.1) is 0 Å². The van der Waals surface area contributed by atoms with Crippen LogP contribution < -0.4 is 0 Å². The molecular weight excluding hydrogens is 499 g/mol. The van der Waals surface area contributed by atoms with Gasteiger partial charge in [-0.1, -0.05) is 77.0 Å². The van der Waals surface area contributed by atoms with E-state index in [4.69, 9.17) is 0 Å². The van der Waals surface area contributed by atoms with Crippen LogP contribution in [0.25, 0.3) is 0 Å². The van der Waals surface area contributed by atoms with Crippen LogP contribution in [-0.4, -0.2) is 69.9 Å². The second-order valence-corrected chi connectivity index (χ2v) is 12.8. The summed E-state index contributed by atoms with van der Waals surface area (Å²) in [5.74, 6) is 2.83. The summed E-state index contributed by atoms with van der Waals surface area (Å²) in [5.41, 5.74) is 7.91. The maximum absolute atomic E-state index is 3.95. The summed E-state index contributed by atoms with van der Waals surface area (Å²) in [7, 11) is 0. The Morgan fingerprint density at radius 1 is 0.351 bits per heavy atom. The van der Waals surface area contributed by atoms with Crippen molar-refractivity contribution in [2.24, 2.45) is 0 Å². The van der Waals surface area contributed by atoms with E-state index in [0.717, 1.165) is 24.2 Å². The predicted octanol–water partition coefficient (Wildman–Crippen LogP) is 6.99. The van der Waals surface area contributed by atoms with E-state index in [1.54, 1.807) is 0 Å².